The molecule has 0 bridgehead atoms. The van der Waals surface area contributed by atoms with Crippen LogP contribution in [0, 0.1) is 6.92 Å². The van der Waals surface area contributed by atoms with E-state index in [0.717, 1.165) is 17.9 Å². The van der Waals surface area contributed by atoms with Crippen molar-refractivity contribution in [1.82, 2.24) is 14.5 Å². The van der Waals surface area contributed by atoms with E-state index in [1.165, 1.54) is 0 Å². The summed E-state index contributed by atoms with van der Waals surface area (Å²) in [6.07, 6.45) is 0.886. The second-order valence-corrected chi connectivity index (χ2v) is 7.49. The molecule has 102 valence electrons. The van der Waals surface area contributed by atoms with Gasteiger partial charge in [0.05, 0.1) is 17.3 Å². The normalized spacial score (nSPS) is 18.8. The number of sulfonamides is 1. The molecular weight excluding hydrogens is 294 g/mol. The molecular formula is C10H16ClN3O2S2. The number of rotatable bonds is 3. The topological polar surface area (TPSA) is 66.1 Å². The Labute approximate surface area is 116 Å². The Balaban J connectivity index is 2.37. The first-order valence-corrected chi connectivity index (χ1v) is 8.88. The first-order chi connectivity index (χ1) is 8.57. The predicted molar refractivity (Wildman–Crippen MR) is 73.6 cm³/mol. The number of aromatic amines is 1. The summed E-state index contributed by atoms with van der Waals surface area (Å²) in [6, 6.07) is 0. The second kappa shape index (κ2) is 5.81. The highest BCUT2D eigenvalue weighted by molar-refractivity contribution is 7.99. The lowest BCUT2D eigenvalue weighted by molar-refractivity contribution is 0.434. The van der Waals surface area contributed by atoms with Gasteiger partial charge in [0, 0.05) is 18.8 Å². The lowest BCUT2D eigenvalue weighted by atomic mass is 10.4. The largest absolute Gasteiger partial charge is 0.281 e. The first kappa shape index (κ1) is 14.2. The molecule has 1 fully saturated rings. The molecule has 18 heavy (non-hydrogen) atoms. The van der Waals surface area contributed by atoms with Gasteiger partial charge in [0.1, 0.15) is 4.90 Å². The molecule has 1 saturated heterocycles. The van der Waals surface area contributed by atoms with Crippen LogP contribution in [-0.2, 0) is 15.9 Å². The third-order valence-corrected chi connectivity index (χ3v) is 6.27. The van der Waals surface area contributed by atoms with Gasteiger partial charge in [-0.2, -0.15) is 21.2 Å². The Hall–Kier alpha value is -0.240. The van der Waals surface area contributed by atoms with Gasteiger partial charge in [-0.1, -0.05) is 0 Å². The smallest absolute Gasteiger partial charge is 0.246 e. The summed E-state index contributed by atoms with van der Waals surface area (Å²) in [5.41, 5.74) is 0.966. The number of hydrogen-bond donors (Lipinski definition) is 1. The van der Waals surface area contributed by atoms with Gasteiger partial charge in [0.2, 0.25) is 10.0 Å². The fourth-order valence-corrected chi connectivity index (χ4v) is 5.08. The van der Waals surface area contributed by atoms with Gasteiger partial charge < -0.3 is 0 Å². The summed E-state index contributed by atoms with van der Waals surface area (Å²) in [7, 11) is -3.47. The maximum Gasteiger partial charge on any atom is 0.246 e. The van der Waals surface area contributed by atoms with Crippen molar-refractivity contribution < 1.29 is 8.42 Å². The SMILES string of the molecule is Cc1[nH]nc(CCl)c1S(=O)(=O)N1CCCSCC1. The fourth-order valence-electron chi connectivity index (χ4n) is 1.99. The lowest BCUT2D eigenvalue weighted by Gasteiger charge is -2.19. The Morgan fingerprint density at radius 3 is 2.94 bits per heavy atom. The predicted octanol–water partition coefficient (Wildman–Crippen LogP) is 1.58. The average molecular weight is 310 g/mol. The number of halogens is 1. The van der Waals surface area contributed by atoms with Gasteiger partial charge in [-0.15, -0.1) is 11.6 Å². The minimum absolute atomic E-state index is 0.0987. The van der Waals surface area contributed by atoms with Gasteiger partial charge in [-0.3, -0.25) is 5.10 Å². The quantitative estimate of drug-likeness (QED) is 0.861. The summed E-state index contributed by atoms with van der Waals surface area (Å²) < 4.78 is 26.7. The molecule has 2 heterocycles. The summed E-state index contributed by atoms with van der Waals surface area (Å²) in [4.78, 5) is 0.254. The highest BCUT2D eigenvalue weighted by atomic mass is 35.5. The number of nitrogens with zero attached hydrogens (tertiary/aromatic N) is 2. The van der Waals surface area contributed by atoms with E-state index < -0.39 is 10.0 Å². The van der Waals surface area contributed by atoms with Gasteiger partial charge in [-0.25, -0.2) is 8.42 Å². The number of aryl methyl sites for hydroxylation is 1. The van der Waals surface area contributed by atoms with Crippen LogP contribution in [-0.4, -0.2) is 47.5 Å². The molecule has 0 atom stereocenters. The lowest BCUT2D eigenvalue weighted by Crippen LogP contribution is -2.33. The molecule has 0 unspecified atom stereocenters. The molecule has 0 aromatic carbocycles. The zero-order chi connectivity index (χ0) is 13.2. The van der Waals surface area contributed by atoms with Gasteiger partial charge in [0.25, 0.3) is 0 Å². The van der Waals surface area contributed by atoms with Crippen LogP contribution in [0.2, 0.25) is 0 Å². The van der Waals surface area contributed by atoms with Crippen LogP contribution in [0.25, 0.3) is 0 Å². The minimum atomic E-state index is -3.47. The zero-order valence-electron chi connectivity index (χ0n) is 10.1. The molecule has 1 aliphatic rings. The summed E-state index contributed by atoms with van der Waals surface area (Å²) >= 11 is 7.54. The third kappa shape index (κ3) is 2.68. The summed E-state index contributed by atoms with van der Waals surface area (Å²) in [5, 5.41) is 6.65. The van der Waals surface area contributed by atoms with E-state index in [0.29, 0.717) is 24.5 Å². The Kier molecular flexibility index (Phi) is 4.58. The minimum Gasteiger partial charge on any atom is -0.281 e. The fraction of sp³-hybridized carbons (Fsp3) is 0.700. The van der Waals surface area contributed by atoms with Crippen molar-refractivity contribution in [2.24, 2.45) is 0 Å². The average Bonchev–Trinajstić information content (AvgIpc) is 2.56. The number of alkyl halides is 1. The highest BCUT2D eigenvalue weighted by Gasteiger charge is 2.30. The molecule has 0 amide bonds. The Morgan fingerprint density at radius 1 is 1.44 bits per heavy atom. The van der Waals surface area contributed by atoms with Crippen molar-refractivity contribution in [2.75, 3.05) is 24.6 Å². The van der Waals surface area contributed by atoms with E-state index in [1.54, 1.807) is 23.0 Å². The van der Waals surface area contributed by atoms with Crippen LogP contribution in [0.5, 0.6) is 0 Å². The number of thioether (sulfide) groups is 1. The van der Waals surface area contributed by atoms with Crippen molar-refractivity contribution in [3.63, 3.8) is 0 Å². The Bertz CT molecular complexity index is 507. The molecule has 0 aliphatic carbocycles. The highest BCUT2D eigenvalue weighted by Crippen LogP contribution is 2.25. The molecule has 1 aliphatic heterocycles. The van der Waals surface area contributed by atoms with E-state index in [-0.39, 0.29) is 10.8 Å². The van der Waals surface area contributed by atoms with E-state index >= 15 is 0 Å². The molecule has 5 nitrogen and oxygen atoms in total. The van der Waals surface area contributed by atoms with Crippen LogP contribution in [0.1, 0.15) is 17.8 Å². The van der Waals surface area contributed by atoms with Crippen molar-refractivity contribution in [3.05, 3.63) is 11.4 Å². The van der Waals surface area contributed by atoms with Crippen molar-refractivity contribution in [2.45, 2.75) is 24.1 Å². The van der Waals surface area contributed by atoms with Crippen molar-refractivity contribution >= 4 is 33.4 Å². The monoisotopic (exact) mass is 309 g/mol. The maximum atomic E-state index is 12.6. The summed E-state index contributed by atoms with van der Waals surface area (Å²) in [5.74, 6) is 1.95. The van der Waals surface area contributed by atoms with Crippen LogP contribution in [0.4, 0.5) is 0 Å². The van der Waals surface area contributed by atoms with E-state index in [2.05, 4.69) is 10.2 Å². The molecule has 8 heteroatoms. The van der Waals surface area contributed by atoms with Crippen LogP contribution >= 0.6 is 23.4 Å². The standard InChI is InChI=1S/C10H16ClN3O2S2/c1-8-10(9(7-11)13-12-8)18(15,16)14-3-2-5-17-6-4-14/h2-7H2,1H3,(H,12,13). The second-order valence-electron chi connectivity index (χ2n) is 4.13. The van der Waals surface area contributed by atoms with Crippen molar-refractivity contribution in [3.8, 4) is 0 Å². The van der Waals surface area contributed by atoms with Gasteiger partial charge in [0.15, 0.2) is 0 Å². The van der Waals surface area contributed by atoms with Gasteiger partial charge in [-0.05, 0) is 19.1 Å². The summed E-state index contributed by atoms with van der Waals surface area (Å²) in [6.45, 7) is 2.84. The maximum absolute atomic E-state index is 12.6. The molecule has 2 rings (SSSR count). The Morgan fingerprint density at radius 2 is 2.22 bits per heavy atom. The molecule has 1 N–H and O–H groups in total. The molecule has 1 aromatic rings. The first-order valence-electron chi connectivity index (χ1n) is 5.75. The van der Waals surface area contributed by atoms with Crippen LogP contribution in [0.3, 0.4) is 0 Å². The molecule has 0 radical (unpaired) electrons. The van der Waals surface area contributed by atoms with E-state index in [9.17, 15) is 8.42 Å². The molecule has 0 spiro atoms. The molecule has 1 aromatic heterocycles. The molecule has 0 saturated carbocycles. The van der Waals surface area contributed by atoms with Gasteiger partial charge >= 0.3 is 0 Å². The van der Waals surface area contributed by atoms with Crippen LogP contribution in [0.15, 0.2) is 4.90 Å². The van der Waals surface area contributed by atoms with Crippen LogP contribution < -0.4 is 0 Å². The van der Waals surface area contributed by atoms with E-state index in [4.69, 9.17) is 11.6 Å². The number of hydrogen-bond acceptors (Lipinski definition) is 4. The zero-order valence-corrected chi connectivity index (χ0v) is 12.5. The number of aromatic nitrogens is 2. The van der Waals surface area contributed by atoms with E-state index in [1.807, 2.05) is 0 Å². The number of nitrogens with one attached hydrogen (secondary N) is 1. The van der Waals surface area contributed by atoms with Crippen molar-refractivity contribution in [1.29, 1.82) is 0 Å². The number of H-pyrrole nitrogens is 1. The third-order valence-electron chi connectivity index (χ3n) is 2.87.